The van der Waals surface area contributed by atoms with Gasteiger partial charge in [0.25, 0.3) is 0 Å². The molecule has 0 amide bonds. The third-order valence-electron chi connectivity index (χ3n) is 3.16. The van der Waals surface area contributed by atoms with E-state index in [1.54, 1.807) is 0 Å². The largest absolute Gasteiger partial charge is 0.481 e. The van der Waals surface area contributed by atoms with Crippen molar-refractivity contribution in [1.82, 2.24) is 10.6 Å². The minimum Gasteiger partial charge on any atom is -0.481 e. The van der Waals surface area contributed by atoms with E-state index in [-0.39, 0.29) is 0 Å². The van der Waals surface area contributed by atoms with E-state index < -0.39 is 17.9 Å². The van der Waals surface area contributed by atoms with Crippen LogP contribution in [0.5, 0.6) is 0 Å². The van der Waals surface area contributed by atoms with Crippen LogP contribution in [0.15, 0.2) is 0 Å². The molecule has 0 bridgehead atoms. The second-order valence-corrected chi connectivity index (χ2v) is 5.02. The summed E-state index contributed by atoms with van der Waals surface area (Å²) in [5, 5.41) is 22.5. The fourth-order valence-corrected chi connectivity index (χ4v) is 1.71. The number of nitrogens with one attached hydrogen (secondary N) is 2. The first kappa shape index (κ1) is 18.9. The number of carboxylic acids is 2. The molecule has 2 fully saturated rings. The Kier molecular flexibility index (Phi) is 12.1. The normalized spacial score (nSPS) is 18.1. The predicted molar refractivity (Wildman–Crippen MR) is 77.9 cm³/mol. The average molecular weight is 288 g/mol. The molecule has 20 heavy (non-hydrogen) atoms. The minimum atomic E-state index is -1.31. The highest BCUT2D eigenvalue weighted by Crippen LogP contribution is 1.97. The summed E-state index contributed by atoms with van der Waals surface area (Å²) in [6.45, 7) is 6.12. The molecule has 4 N–H and O–H groups in total. The Morgan fingerprint density at radius 3 is 1.10 bits per heavy atom. The number of piperidine rings is 2. The van der Waals surface area contributed by atoms with Crippen LogP contribution >= 0.6 is 0 Å². The van der Waals surface area contributed by atoms with Crippen molar-refractivity contribution >= 4 is 11.9 Å². The first-order valence-electron chi connectivity index (χ1n) is 7.42. The first-order chi connectivity index (χ1) is 9.55. The molecule has 2 aliphatic rings. The number of hydrogen-bond donors (Lipinski definition) is 4. The maximum atomic E-state index is 9.76. The van der Waals surface area contributed by atoms with Crippen LogP contribution in [0, 0.1) is 5.92 Å². The van der Waals surface area contributed by atoms with E-state index in [9.17, 15) is 9.59 Å². The summed E-state index contributed by atoms with van der Waals surface area (Å²) in [4.78, 5) is 19.5. The van der Waals surface area contributed by atoms with Crippen molar-refractivity contribution in [2.45, 2.75) is 45.4 Å². The van der Waals surface area contributed by atoms with Crippen molar-refractivity contribution in [3.8, 4) is 0 Å². The molecule has 0 aromatic heterocycles. The van der Waals surface area contributed by atoms with Gasteiger partial charge in [-0.05, 0) is 58.8 Å². The number of carbonyl (C=O) groups is 2. The molecule has 118 valence electrons. The van der Waals surface area contributed by atoms with Gasteiger partial charge in [-0.3, -0.25) is 9.59 Å². The van der Waals surface area contributed by atoms with E-state index in [0.717, 1.165) is 6.92 Å². The van der Waals surface area contributed by atoms with E-state index >= 15 is 0 Å². The molecule has 2 saturated heterocycles. The second-order valence-electron chi connectivity index (χ2n) is 5.02. The van der Waals surface area contributed by atoms with Crippen molar-refractivity contribution in [3.05, 3.63) is 0 Å². The van der Waals surface area contributed by atoms with Gasteiger partial charge < -0.3 is 20.8 Å². The lowest BCUT2D eigenvalue weighted by molar-refractivity contribution is -0.153. The number of carboxylic acid groups (broad SMARTS) is 2. The molecule has 2 rings (SSSR count). The number of aliphatic carboxylic acids is 2. The zero-order valence-electron chi connectivity index (χ0n) is 12.4. The molecule has 0 aliphatic carbocycles. The summed E-state index contributed by atoms with van der Waals surface area (Å²) >= 11 is 0. The summed E-state index contributed by atoms with van der Waals surface area (Å²) in [6, 6.07) is 0. The number of hydrogen-bond acceptors (Lipinski definition) is 4. The molecular weight excluding hydrogens is 260 g/mol. The van der Waals surface area contributed by atoms with Crippen LogP contribution in [-0.2, 0) is 9.59 Å². The highest BCUT2D eigenvalue weighted by atomic mass is 16.4. The smallest absolute Gasteiger partial charge is 0.317 e. The Labute approximate surface area is 120 Å². The Balaban J connectivity index is 0.000000274. The van der Waals surface area contributed by atoms with E-state index in [0.29, 0.717) is 0 Å². The lowest BCUT2D eigenvalue weighted by Crippen LogP contribution is -2.21. The van der Waals surface area contributed by atoms with Crippen molar-refractivity contribution in [1.29, 1.82) is 0 Å². The molecule has 6 nitrogen and oxygen atoms in total. The Morgan fingerprint density at radius 2 is 1.05 bits per heavy atom. The molecule has 0 radical (unpaired) electrons. The first-order valence-corrected chi connectivity index (χ1v) is 7.42. The van der Waals surface area contributed by atoms with E-state index in [4.69, 9.17) is 10.2 Å². The van der Waals surface area contributed by atoms with E-state index in [1.165, 1.54) is 64.7 Å². The lowest BCUT2D eigenvalue weighted by Gasteiger charge is -2.08. The Bertz CT molecular complexity index is 215. The highest BCUT2D eigenvalue weighted by molar-refractivity contribution is 5.92. The topological polar surface area (TPSA) is 98.7 Å². The standard InChI is InChI=1S/2C5H11N.C4H6O4/c2*1-2-4-6-5-3-1;1-2(3(5)6)4(7)8/h2*6H,1-5H2;2H,1H3,(H,5,6)(H,7,8). The van der Waals surface area contributed by atoms with Crippen LogP contribution in [0.4, 0.5) is 0 Å². The van der Waals surface area contributed by atoms with Crippen LogP contribution in [0.2, 0.25) is 0 Å². The summed E-state index contributed by atoms with van der Waals surface area (Å²) < 4.78 is 0. The van der Waals surface area contributed by atoms with Gasteiger partial charge in [0.05, 0.1) is 0 Å². The van der Waals surface area contributed by atoms with Crippen LogP contribution in [0.1, 0.15) is 45.4 Å². The third kappa shape index (κ3) is 11.9. The summed E-state index contributed by atoms with van der Waals surface area (Å²) in [6.07, 6.45) is 8.43. The molecule has 0 spiro atoms. The average Bonchev–Trinajstić information content (AvgIpc) is 2.51. The fourth-order valence-electron chi connectivity index (χ4n) is 1.71. The highest BCUT2D eigenvalue weighted by Gasteiger charge is 2.18. The van der Waals surface area contributed by atoms with E-state index in [2.05, 4.69) is 10.6 Å². The van der Waals surface area contributed by atoms with Crippen LogP contribution in [0.3, 0.4) is 0 Å². The molecule has 0 aromatic carbocycles. The van der Waals surface area contributed by atoms with Gasteiger partial charge in [-0.1, -0.05) is 12.8 Å². The lowest BCUT2D eigenvalue weighted by atomic mass is 10.2. The molecule has 0 saturated carbocycles. The van der Waals surface area contributed by atoms with Gasteiger partial charge in [0.2, 0.25) is 0 Å². The summed E-state index contributed by atoms with van der Waals surface area (Å²) in [7, 11) is 0. The van der Waals surface area contributed by atoms with Crippen molar-refractivity contribution in [3.63, 3.8) is 0 Å². The van der Waals surface area contributed by atoms with Gasteiger partial charge in [-0.15, -0.1) is 0 Å². The van der Waals surface area contributed by atoms with Crippen molar-refractivity contribution in [2.75, 3.05) is 26.2 Å². The summed E-state index contributed by atoms with van der Waals surface area (Å²) in [5.74, 6) is -3.91. The van der Waals surface area contributed by atoms with Gasteiger partial charge in [0.1, 0.15) is 0 Å². The third-order valence-corrected chi connectivity index (χ3v) is 3.16. The van der Waals surface area contributed by atoms with Crippen LogP contribution in [0.25, 0.3) is 0 Å². The van der Waals surface area contributed by atoms with Gasteiger partial charge in [-0.2, -0.15) is 0 Å². The van der Waals surface area contributed by atoms with E-state index in [1.807, 2.05) is 0 Å². The van der Waals surface area contributed by atoms with Crippen molar-refractivity contribution < 1.29 is 19.8 Å². The molecule has 0 atom stereocenters. The van der Waals surface area contributed by atoms with Crippen LogP contribution < -0.4 is 10.6 Å². The Morgan fingerprint density at radius 1 is 0.750 bits per heavy atom. The zero-order valence-corrected chi connectivity index (χ0v) is 12.4. The minimum absolute atomic E-state index is 1.12. The van der Waals surface area contributed by atoms with Gasteiger partial charge in [0, 0.05) is 0 Å². The predicted octanol–water partition coefficient (Wildman–Crippen LogP) is 1.31. The second kappa shape index (κ2) is 12.9. The van der Waals surface area contributed by atoms with Gasteiger partial charge in [-0.25, -0.2) is 0 Å². The molecule has 0 aromatic rings. The maximum absolute atomic E-state index is 9.76. The molecule has 2 aliphatic heterocycles. The molecule has 0 unspecified atom stereocenters. The monoisotopic (exact) mass is 288 g/mol. The van der Waals surface area contributed by atoms with Crippen LogP contribution in [-0.4, -0.2) is 48.3 Å². The maximum Gasteiger partial charge on any atom is 0.317 e. The van der Waals surface area contributed by atoms with Gasteiger partial charge >= 0.3 is 11.9 Å². The molecular formula is C14H28N2O4. The fraction of sp³-hybridized carbons (Fsp3) is 0.857. The molecule has 6 heteroatoms. The molecule has 2 heterocycles. The zero-order chi connectivity index (χ0) is 15.2. The Hall–Kier alpha value is -1.14. The quantitative estimate of drug-likeness (QED) is 0.572. The summed E-state index contributed by atoms with van der Waals surface area (Å²) in [5.41, 5.74) is 0. The number of rotatable bonds is 2. The van der Waals surface area contributed by atoms with Crippen molar-refractivity contribution in [2.24, 2.45) is 5.92 Å². The van der Waals surface area contributed by atoms with Gasteiger partial charge in [0.15, 0.2) is 5.92 Å². The SMILES string of the molecule is C1CCNCC1.C1CCNCC1.CC(C(=O)O)C(=O)O.